The number of ether oxygens (including phenoxy) is 3. The zero-order chi connectivity index (χ0) is 23.3. The lowest BCUT2D eigenvalue weighted by Gasteiger charge is -2.60. The molecule has 3 fully saturated rings. The Balaban J connectivity index is 1.78. The molecule has 9 heteroatoms. The average molecular weight is 447 g/mol. The minimum absolute atomic E-state index is 0.0578. The van der Waals surface area contributed by atoms with Gasteiger partial charge in [0.1, 0.15) is 6.10 Å². The van der Waals surface area contributed by atoms with Crippen LogP contribution in [0.25, 0.3) is 0 Å². The second-order valence-electron chi connectivity index (χ2n) is 9.58. The Bertz CT molecular complexity index is 926. The molecule has 0 spiro atoms. The summed E-state index contributed by atoms with van der Waals surface area (Å²) in [5.41, 5.74) is -0.814. The first-order valence-electron chi connectivity index (χ1n) is 10.9. The van der Waals surface area contributed by atoms with Crippen molar-refractivity contribution >= 4 is 23.8 Å². The molecule has 1 aromatic heterocycles. The highest BCUT2D eigenvalue weighted by molar-refractivity contribution is 5.93. The number of furan rings is 1. The van der Waals surface area contributed by atoms with Crippen LogP contribution in [-0.2, 0) is 28.6 Å². The van der Waals surface area contributed by atoms with E-state index in [1.54, 1.807) is 6.07 Å². The van der Waals surface area contributed by atoms with Gasteiger partial charge in [-0.25, -0.2) is 4.79 Å². The van der Waals surface area contributed by atoms with Gasteiger partial charge in [0.25, 0.3) is 0 Å². The number of ketones is 1. The number of cyclic esters (lactones) is 1. The summed E-state index contributed by atoms with van der Waals surface area (Å²) in [6.07, 6.45) is 2.08. The van der Waals surface area contributed by atoms with E-state index < -0.39 is 52.9 Å². The number of Topliss-reactive ketones (excluding diaryl/α,β-unsaturated/α-hetero) is 1. The molecule has 2 heterocycles. The number of esters is 2. The van der Waals surface area contributed by atoms with Crippen molar-refractivity contribution in [2.24, 2.45) is 28.6 Å². The third-order valence-corrected chi connectivity index (χ3v) is 7.96. The summed E-state index contributed by atoms with van der Waals surface area (Å²) in [5.74, 6) is -2.89. The number of rotatable bonds is 3. The predicted molar refractivity (Wildman–Crippen MR) is 109 cm³/mol. The number of hydrogen-bond acceptors (Lipinski definition) is 8. The molecule has 7 atom stereocenters. The zero-order valence-electron chi connectivity index (χ0n) is 18.7. The van der Waals surface area contributed by atoms with Crippen LogP contribution < -0.4 is 5.32 Å². The Hall–Kier alpha value is -2.84. The van der Waals surface area contributed by atoms with Crippen molar-refractivity contribution in [1.29, 1.82) is 0 Å². The van der Waals surface area contributed by atoms with Crippen LogP contribution in [0.4, 0.5) is 4.79 Å². The number of nitrogens with one attached hydrogen (secondary N) is 1. The first kappa shape index (κ1) is 22.4. The Morgan fingerprint density at radius 3 is 2.59 bits per heavy atom. The first-order chi connectivity index (χ1) is 15.2. The molecule has 4 rings (SSSR count). The van der Waals surface area contributed by atoms with Crippen LogP contribution in [0.1, 0.15) is 51.2 Å². The molecule has 1 N–H and O–H groups in total. The molecular formula is C23H29NO8. The summed E-state index contributed by atoms with van der Waals surface area (Å²) < 4.78 is 21.4. The zero-order valence-corrected chi connectivity index (χ0v) is 18.7. The highest BCUT2D eigenvalue weighted by atomic mass is 16.6. The molecule has 2 aliphatic carbocycles. The first-order valence-corrected chi connectivity index (χ1v) is 10.9. The number of fused-ring (bicyclic) bond motifs is 3. The van der Waals surface area contributed by atoms with Crippen molar-refractivity contribution in [1.82, 2.24) is 5.32 Å². The largest absolute Gasteiger partial charge is 0.472 e. The molecule has 1 unspecified atom stereocenters. The average Bonchev–Trinajstić information content (AvgIpc) is 3.29. The number of alkyl carbamates (subject to hydrolysis) is 1. The molecule has 9 nitrogen and oxygen atoms in total. The van der Waals surface area contributed by atoms with Crippen molar-refractivity contribution < 1.29 is 37.8 Å². The van der Waals surface area contributed by atoms with E-state index in [2.05, 4.69) is 5.32 Å². The maximum Gasteiger partial charge on any atom is 0.407 e. The summed E-state index contributed by atoms with van der Waals surface area (Å²) in [5, 5.41) is 2.36. The topological polar surface area (TPSA) is 121 Å². The van der Waals surface area contributed by atoms with Gasteiger partial charge >= 0.3 is 18.0 Å². The molecule has 3 aliphatic rings. The van der Waals surface area contributed by atoms with E-state index in [1.165, 1.54) is 26.7 Å². The van der Waals surface area contributed by atoms with Crippen molar-refractivity contribution in [3.63, 3.8) is 0 Å². The minimum atomic E-state index is -1.10. The van der Waals surface area contributed by atoms with Gasteiger partial charge in [-0.2, -0.15) is 0 Å². The van der Waals surface area contributed by atoms with Gasteiger partial charge in [0.05, 0.1) is 31.5 Å². The predicted octanol–water partition coefficient (Wildman–Crippen LogP) is 2.79. The molecule has 0 radical (unpaired) electrons. The highest BCUT2D eigenvalue weighted by Crippen LogP contribution is 2.65. The number of carbonyl (C=O) groups excluding carboxylic acids is 4. The van der Waals surface area contributed by atoms with Crippen LogP contribution in [-0.4, -0.2) is 44.1 Å². The third kappa shape index (κ3) is 3.29. The monoisotopic (exact) mass is 447 g/mol. The summed E-state index contributed by atoms with van der Waals surface area (Å²) in [6, 6.07) is 1.74. The Morgan fingerprint density at radius 2 is 1.97 bits per heavy atom. The summed E-state index contributed by atoms with van der Waals surface area (Å²) in [4.78, 5) is 51.6. The quantitative estimate of drug-likeness (QED) is 0.555. The molecule has 0 bridgehead atoms. The van der Waals surface area contributed by atoms with E-state index in [9.17, 15) is 19.2 Å². The molecular weight excluding hydrogens is 418 g/mol. The van der Waals surface area contributed by atoms with Crippen LogP contribution in [0, 0.1) is 28.6 Å². The van der Waals surface area contributed by atoms with Gasteiger partial charge < -0.3 is 23.9 Å². The van der Waals surface area contributed by atoms with E-state index in [0.29, 0.717) is 19.3 Å². The molecule has 1 amide bonds. The van der Waals surface area contributed by atoms with Crippen LogP contribution in [0.5, 0.6) is 0 Å². The summed E-state index contributed by atoms with van der Waals surface area (Å²) in [6.45, 7) is 3.84. The summed E-state index contributed by atoms with van der Waals surface area (Å²) in [7, 11) is 2.72. The number of carbonyl (C=O) groups is 4. The van der Waals surface area contributed by atoms with Gasteiger partial charge in [-0.3, -0.25) is 14.4 Å². The van der Waals surface area contributed by atoms with E-state index in [1.807, 2.05) is 13.8 Å². The second kappa shape index (κ2) is 7.94. The van der Waals surface area contributed by atoms with E-state index >= 15 is 0 Å². The third-order valence-electron chi connectivity index (χ3n) is 7.96. The lowest BCUT2D eigenvalue weighted by Crippen LogP contribution is -2.65. The molecule has 32 heavy (non-hydrogen) atoms. The Kier molecular flexibility index (Phi) is 5.55. The van der Waals surface area contributed by atoms with Gasteiger partial charge in [0.15, 0.2) is 11.9 Å². The molecule has 1 aromatic rings. The molecule has 2 saturated carbocycles. The van der Waals surface area contributed by atoms with Gasteiger partial charge in [0.2, 0.25) is 0 Å². The number of methoxy groups -OCH3 is 1. The van der Waals surface area contributed by atoms with Crippen molar-refractivity contribution in [3.05, 3.63) is 24.2 Å². The molecule has 0 aromatic carbocycles. The lowest BCUT2D eigenvalue weighted by molar-refractivity contribution is -0.207. The molecule has 1 saturated heterocycles. The molecule has 174 valence electrons. The number of hydrogen-bond donors (Lipinski definition) is 1. The standard InChI is InChI=1S/C23H29NO8/c1-22-7-5-13-20(27)31-16(12-6-8-30-11-12)10-23(13,2)18(22)17(25)15(32-21(28)24-3)9-14(22)19(26)29-4/h6,8,11,13-16,18H,5,7,9-10H2,1-4H3,(H,24,28)/t13-,14-,15-,16-,18?,22-,23-/m0/s1. The van der Waals surface area contributed by atoms with E-state index in [0.717, 1.165) is 5.56 Å². The van der Waals surface area contributed by atoms with E-state index in [4.69, 9.17) is 18.6 Å². The maximum atomic E-state index is 13.8. The van der Waals surface area contributed by atoms with Crippen LogP contribution in [0.2, 0.25) is 0 Å². The van der Waals surface area contributed by atoms with Gasteiger partial charge in [-0.05, 0) is 36.2 Å². The molecule has 1 aliphatic heterocycles. The van der Waals surface area contributed by atoms with Gasteiger partial charge in [-0.15, -0.1) is 0 Å². The van der Waals surface area contributed by atoms with Crippen LogP contribution in [0.15, 0.2) is 23.0 Å². The SMILES string of the molecule is CNC(=O)O[C@H]1C[C@@H](C(=O)OC)[C@]2(C)CC[C@H]3C(=O)O[C@H](c4ccoc4)C[C@]3(C)C2C1=O. The summed E-state index contributed by atoms with van der Waals surface area (Å²) >= 11 is 0. The van der Waals surface area contributed by atoms with E-state index in [-0.39, 0.29) is 18.2 Å². The van der Waals surface area contributed by atoms with Crippen molar-refractivity contribution in [2.75, 3.05) is 14.2 Å². The second-order valence-corrected chi connectivity index (χ2v) is 9.58. The minimum Gasteiger partial charge on any atom is -0.472 e. The fraction of sp³-hybridized carbons (Fsp3) is 0.652. The lowest BCUT2D eigenvalue weighted by atomic mass is 9.43. The van der Waals surface area contributed by atoms with Gasteiger partial charge in [0, 0.05) is 24.9 Å². The Labute approximate surface area is 186 Å². The normalized spacial score (nSPS) is 38.7. The highest BCUT2D eigenvalue weighted by Gasteiger charge is 2.67. The van der Waals surface area contributed by atoms with Crippen LogP contribution >= 0.6 is 0 Å². The number of amides is 1. The van der Waals surface area contributed by atoms with Crippen LogP contribution in [0.3, 0.4) is 0 Å². The maximum absolute atomic E-state index is 13.8. The Morgan fingerprint density at radius 1 is 1.22 bits per heavy atom. The smallest absolute Gasteiger partial charge is 0.407 e. The van der Waals surface area contributed by atoms with Gasteiger partial charge in [-0.1, -0.05) is 13.8 Å². The fourth-order valence-corrected chi connectivity index (χ4v) is 6.45. The van der Waals surface area contributed by atoms with Crippen molar-refractivity contribution in [2.45, 2.75) is 51.7 Å². The van der Waals surface area contributed by atoms with Crippen molar-refractivity contribution in [3.8, 4) is 0 Å². The fourth-order valence-electron chi connectivity index (χ4n) is 6.45.